The number of hydrogen-bond acceptors (Lipinski definition) is 6. The molecule has 1 aromatic heterocycles. The van der Waals surface area contributed by atoms with Crippen LogP contribution in [0.5, 0.6) is 11.5 Å². The van der Waals surface area contributed by atoms with Gasteiger partial charge in [0.1, 0.15) is 5.69 Å². The van der Waals surface area contributed by atoms with E-state index in [0.29, 0.717) is 39.9 Å². The fourth-order valence-electron chi connectivity index (χ4n) is 4.37. The van der Waals surface area contributed by atoms with Gasteiger partial charge in [-0.1, -0.05) is 13.8 Å². The summed E-state index contributed by atoms with van der Waals surface area (Å²) in [6.07, 6.45) is 1.18. The van der Waals surface area contributed by atoms with Gasteiger partial charge in [0.15, 0.2) is 11.5 Å². The maximum absolute atomic E-state index is 12.8. The zero-order chi connectivity index (χ0) is 20.5. The van der Waals surface area contributed by atoms with Crippen molar-refractivity contribution in [1.82, 2.24) is 9.88 Å². The molecule has 29 heavy (non-hydrogen) atoms. The first-order valence-electron chi connectivity index (χ1n) is 10.1. The number of likely N-dealkylation sites (tertiary alicyclic amines) is 1. The predicted molar refractivity (Wildman–Crippen MR) is 108 cm³/mol. The predicted octanol–water partition coefficient (Wildman–Crippen LogP) is 2.99. The van der Waals surface area contributed by atoms with Crippen LogP contribution in [0.25, 0.3) is 10.9 Å². The smallest absolute Gasteiger partial charge is 0.356 e. The van der Waals surface area contributed by atoms with Gasteiger partial charge in [-0.3, -0.25) is 9.69 Å². The average Bonchev–Trinajstić information content (AvgIpc) is 3.23. The van der Waals surface area contributed by atoms with Crippen LogP contribution in [0.4, 0.5) is 5.69 Å². The lowest BCUT2D eigenvalue weighted by Gasteiger charge is -2.34. The van der Waals surface area contributed by atoms with Crippen LogP contribution in [0.3, 0.4) is 0 Å². The lowest BCUT2D eigenvalue weighted by Crippen LogP contribution is -2.42. The average molecular weight is 401 g/mol. The Balaban J connectivity index is 1.61. The van der Waals surface area contributed by atoms with Crippen molar-refractivity contribution in [1.29, 1.82) is 0 Å². The lowest BCUT2D eigenvalue weighted by atomic mass is 9.92. The number of aromatic amines is 1. The maximum Gasteiger partial charge on any atom is 0.356 e. The fourth-order valence-corrected chi connectivity index (χ4v) is 4.37. The molecule has 0 saturated carbocycles. The molecule has 2 aliphatic heterocycles. The van der Waals surface area contributed by atoms with E-state index < -0.39 is 5.97 Å². The molecule has 2 N–H and O–H groups in total. The summed E-state index contributed by atoms with van der Waals surface area (Å²) >= 11 is 0. The highest BCUT2D eigenvalue weighted by Crippen LogP contribution is 2.40. The quantitative estimate of drug-likeness (QED) is 0.749. The van der Waals surface area contributed by atoms with Gasteiger partial charge in [-0.05, 0) is 31.2 Å². The Kier molecular flexibility index (Phi) is 5.36. The van der Waals surface area contributed by atoms with Crippen LogP contribution >= 0.6 is 0 Å². The highest BCUT2D eigenvalue weighted by atomic mass is 16.7. The zero-order valence-electron chi connectivity index (χ0n) is 17.0. The van der Waals surface area contributed by atoms with Crippen LogP contribution in [0.2, 0.25) is 0 Å². The number of H-pyrrole nitrogens is 1. The van der Waals surface area contributed by atoms with Crippen molar-refractivity contribution in [2.75, 3.05) is 38.4 Å². The molecule has 2 atom stereocenters. The van der Waals surface area contributed by atoms with Crippen LogP contribution in [0.1, 0.15) is 37.7 Å². The van der Waals surface area contributed by atoms with Crippen molar-refractivity contribution in [2.24, 2.45) is 11.8 Å². The number of anilines is 1. The second-order valence-electron chi connectivity index (χ2n) is 8.03. The molecule has 1 saturated heterocycles. The summed E-state index contributed by atoms with van der Waals surface area (Å²) in [6.45, 7) is 8.64. The largest absolute Gasteiger partial charge is 0.461 e. The molecule has 0 bridgehead atoms. The van der Waals surface area contributed by atoms with Gasteiger partial charge in [-0.15, -0.1) is 0 Å². The van der Waals surface area contributed by atoms with Crippen LogP contribution in [0.15, 0.2) is 12.1 Å². The number of nitrogens with one attached hydrogen (secondary N) is 2. The van der Waals surface area contributed by atoms with Crippen molar-refractivity contribution < 1.29 is 23.8 Å². The minimum Gasteiger partial charge on any atom is -0.461 e. The third kappa shape index (κ3) is 4.03. The van der Waals surface area contributed by atoms with Gasteiger partial charge >= 0.3 is 5.97 Å². The summed E-state index contributed by atoms with van der Waals surface area (Å²) in [6, 6.07) is 3.54. The van der Waals surface area contributed by atoms with Crippen molar-refractivity contribution in [3.8, 4) is 11.5 Å². The SMILES string of the molecule is CCOC(=O)c1[nH]c2cc3c(cc2c1NC(=O)CN1C[C@H](C)C[C@@H](C)C1)OCO3. The zero-order valence-corrected chi connectivity index (χ0v) is 17.0. The second-order valence-corrected chi connectivity index (χ2v) is 8.03. The molecule has 1 aromatic carbocycles. The number of ether oxygens (including phenoxy) is 3. The van der Waals surface area contributed by atoms with Crippen LogP contribution in [-0.4, -0.2) is 54.8 Å². The van der Waals surface area contributed by atoms with Gasteiger partial charge in [0.25, 0.3) is 0 Å². The standard InChI is InChI=1S/C21H27N3O5/c1-4-27-21(26)20-19(14-6-16-17(29-11-28-16)7-15(14)22-20)23-18(25)10-24-8-12(2)5-13(3)9-24/h6-7,12-13,22H,4-5,8-11H2,1-3H3,(H,23,25)/t12-,13-/m1/s1. The molecule has 3 heterocycles. The fraction of sp³-hybridized carbons (Fsp3) is 0.524. The molecule has 8 heteroatoms. The first kappa shape index (κ1) is 19.6. The minimum absolute atomic E-state index is 0.152. The number of aromatic nitrogens is 1. The van der Waals surface area contributed by atoms with Crippen molar-refractivity contribution in [3.63, 3.8) is 0 Å². The molecule has 1 amide bonds. The van der Waals surface area contributed by atoms with E-state index >= 15 is 0 Å². The number of amides is 1. The summed E-state index contributed by atoms with van der Waals surface area (Å²) < 4.78 is 16.0. The van der Waals surface area contributed by atoms with Crippen LogP contribution in [0, 0.1) is 11.8 Å². The van der Waals surface area contributed by atoms with Crippen LogP contribution < -0.4 is 14.8 Å². The van der Waals surface area contributed by atoms with E-state index in [1.54, 1.807) is 19.1 Å². The Bertz CT molecular complexity index is 928. The molecule has 8 nitrogen and oxygen atoms in total. The van der Waals surface area contributed by atoms with Crippen molar-refractivity contribution in [2.45, 2.75) is 27.2 Å². The highest BCUT2D eigenvalue weighted by Gasteiger charge is 2.27. The van der Waals surface area contributed by atoms with E-state index in [1.165, 1.54) is 6.42 Å². The molecular weight excluding hydrogens is 374 g/mol. The van der Waals surface area contributed by atoms with Gasteiger partial charge in [0.2, 0.25) is 12.7 Å². The Morgan fingerprint density at radius 1 is 1.21 bits per heavy atom. The normalized spacial score (nSPS) is 21.3. The number of hydrogen-bond donors (Lipinski definition) is 2. The monoisotopic (exact) mass is 401 g/mol. The van der Waals surface area contributed by atoms with Gasteiger partial charge in [0.05, 0.1) is 24.4 Å². The summed E-state index contributed by atoms with van der Waals surface area (Å²) in [4.78, 5) is 30.5. The van der Waals surface area contributed by atoms with E-state index in [2.05, 4.69) is 29.0 Å². The number of carbonyl (C=O) groups is 2. The number of benzene rings is 1. The Morgan fingerprint density at radius 2 is 1.90 bits per heavy atom. The topological polar surface area (TPSA) is 92.9 Å². The van der Waals surface area contributed by atoms with Crippen LogP contribution in [-0.2, 0) is 9.53 Å². The van der Waals surface area contributed by atoms with Gasteiger partial charge in [0, 0.05) is 24.5 Å². The summed E-state index contributed by atoms with van der Waals surface area (Å²) in [5, 5.41) is 3.62. The molecule has 0 aliphatic carbocycles. The minimum atomic E-state index is -0.513. The third-order valence-electron chi connectivity index (χ3n) is 5.35. The molecule has 2 aromatic rings. The van der Waals surface area contributed by atoms with Gasteiger partial charge in [-0.25, -0.2) is 4.79 Å². The Morgan fingerprint density at radius 3 is 2.59 bits per heavy atom. The van der Waals surface area contributed by atoms with Crippen molar-refractivity contribution >= 4 is 28.5 Å². The summed E-state index contributed by atoms with van der Waals surface area (Å²) in [5.41, 5.74) is 1.31. The lowest BCUT2D eigenvalue weighted by molar-refractivity contribution is -0.117. The molecule has 0 radical (unpaired) electrons. The number of nitrogens with zero attached hydrogens (tertiary/aromatic N) is 1. The maximum atomic E-state index is 12.8. The van der Waals surface area contributed by atoms with Gasteiger partial charge in [-0.2, -0.15) is 0 Å². The highest BCUT2D eigenvalue weighted by molar-refractivity contribution is 6.11. The van der Waals surface area contributed by atoms with E-state index in [0.717, 1.165) is 13.1 Å². The molecule has 4 rings (SSSR count). The summed E-state index contributed by atoms with van der Waals surface area (Å²) in [7, 11) is 0. The van der Waals surface area contributed by atoms with E-state index in [4.69, 9.17) is 14.2 Å². The molecule has 0 unspecified atom stereocenters. The summed E-state index contributed by atoms with van der Waals surface area (Å²) in [5.74, 6) is 1.64. The number of esters is 1. The number of fused-ring (bicyclic) bond motifs is 2. The van der Waals surface area contributed by atoms with E-state index in [1.807, 2.05) is 0 Å². The molecule has 2 aliphatic rings. The third-order valence-corrected chi connectivity index (χ3v) is 5.35. The van der Waals surface area contributed by atoms with Crippen molar-refractivity contribution in [3.05, 3.63) is 17.8 Å². The molecule has 1 fully saturated rings. The molecule has 0 spiro atoms. The Hall–Kier alpha value is -2.74. The molecule has 156 valence electrons. The number of piperidine rings is 1. The van der Waals surface area contributed by atoms with Gasteiger partial charge < -0.3 is 24.5 Å². The van der Waals surface area contributed by atoms with E-state index in [9.17, 15) is 9.59 Å². The number of rotatable bonds is 5. The Labute approximate surface area is 169 Å². The second kappa shape index (κ2) is 7.94. The first-order chi connectivity index (χ1) is 13.9. The molecular formula is C21H27N3O5. The first-order valence-corrected chi connectivity index (χ1v) is 10.1. The number of carbonyl (C=O) groups excluding carboxylic acids is 2. The van der Waals surface area contributed by atoms with E-state index in [-0.39, 0.29) is 31.5 Å².